The number of amides is 2. The number of benzene rings is 1. The predicted octanol–water partition coefficient (Wildman–Crippen LogP) is 5.17. The van der Waals surface area contributed by atoms with Crippen LogP contribution in [0, 0.1) is 23.1 Å². The first-order valence-corrected chi connectivity index (χ1v) is 11.9. The summed E-state index contributed by atoms with van der Waals surface area (Å²) in [6, 6.07) is 3.46. The zero-order valence-corrected chi connectivity index (χ0v) is 20.3. The van der Waals surface area contributed by atoms with Crippen molar-refractivity contribution >= 4 is 17.6 Å². The minimum atomic E-state index is -5.27. The number of allylic oxidation sites excluding steroid dienone is 1. The van der Waals surface area contributed by atoms with Crippen molar-refractivity contribution in [3.05, 3.63) is 46.9 Å². The van der Waals surface area contributed by atoms with Crippen LogP contribution in [0.4, 0.5) is 17.6 Å². The van der Waals surface area contributed by atoms with Crippen LogP contribution in [0.25, 0.3) is 0 Å². The molecule has 190 valence electrons. The number of carbonyl (C=O) groups is 3. The lowest BCUT2D eigenvalue weighted by atomic mass is 9.72. The summed E-state index contributed by atoms with van der Waals surface area (Å²) in [5, 5.41) is 1.91. The molecule has 2 amide bonds. The second-order valence-electron chi connectivity index (χ2n) is 11.0. The molecule has 3 aliphatic rings. The van der Waals surface area contributed by atoms with Crippen LogP contribution >= 0.6 is 0 Å². The quantitative estimate of drug-likeness (QED) is 0.590. The lowest BCUT2D eigenvalue weighted by molar-refractivity contribution is -0.192. The van der Waals surface area contributed by atoms with Gasteiger partial charge in [-0.1, -0.05) is 40.5 Å². The van der Waals surface area contributed by atoms with E-state index in [-0.39, 0.29) is 35.9 Å². The SMILES string of the molecule is C[C@@H]1[C@H](C)CCC[C@H]1N1C(=O)[C@@](NC(=O)c2ccc(F)cc2)(C(F)(F)F)C2=C1CC(C)(C)CC2=O. The maximum absolute atomic E-state index is 14.9. The first-order valence-electron chi connectivity index (χ1n) is 11.9. The topological polar surface area (TPSA) is 66.5 Å². The largest absolute Gasteiger partial charge is 0.425 e. The van der Waals surface area contributed by atoms with Gasteiger partial charge in [-0.2, -0.15) is 13.2 Å². The van der Waals surface area contributed by atoms with E-state index in [1.54, 1.807) is 13.8 Å². The minimum absolute atomic E-state index is 0.0685. The molecule has 0 unspecified atom stereocenters. The number of ketones is 1. The molecule has 0 bridgehead atoms. The van der Waals surface area contributed by atoms with Gasteiger partial charge in [-0.15, -0.1) is 0 Å². The summed E-state index contributed by atoms with van der Waals surface area (Å²) in [5.41, 5.74) is -4.97. The molecule has 2 aliphatic carbocycles. The van der Waals surface area contributed by atoms with Crippen molar-refractivity contribution in [1.82, 2.24) is 10.2 Å². The Hall–Kier alpha value is -2.71. The van der Waals surface area contributed by atoms with Crippen LogP contribution in [0.2, 0.25) is 0 Å². The van der Waals surface area contributed by atoms with Gasteiger partial charge in [0.15, 0.2) is 5.78 Å². The van der Waals surface area contributed by atoms with Crippen LogP contribution in [0.5, 0.6) is 0 Å². The van der Waals surface area contributed by atoms with Crippen molar-refractivity contribution in [1.29, 1.82) is 0 Å². The van der Waals surface area contributed by atoms with Crippen molar-refractivity contribution in [3.8, 4) is 0 Å². The highest BCUT2D eigenvalue weighted by Crippen LogP contribution is 2.54. The molecule has 1 saturated carbocycles. The van der Waals surface area contributed by atoms with E-state index in [9.17, 15) is 31.9 Å². The van der Waals surface area contributed by atoms with Gasteiger partial charge >= 0.3 is 6.18 Å². The van der Waals surface area contributed by atoms with Gasteiger partial charge in [0, 0.05) is 23.7 Å². The Bertz CT molecular complexity index is 1090. The Kier molecular flexibility index (Phi) is 6.13. The highest BCUT2D eigenvalue weighted by molar-refractivity contribution is 6.14. The molecule has 4 rings (SSSR count). The molecule has 1 aromatic rings. The molecule has 0 radical (unpaired) electrons. The van der Waals surface area contributed by atoms with Gasteiger partial charge in [-0.3, -0.25) is 14.4 Å². The van der Waals surface area contributed by atoms with Crippen LogP contribution < -0.4 is 5.32 Å². The third kappa shape index (κ3) is 4.06. The van der Waals surface area contributed by atoms with E-state index in [1.165, 1.54) is 4.90 Å². The van der Waals surface area contributed by atoms with E-state index in [2.05, 4.69) is 0 Å². The Labute approximate surface area is 201 Å². The lowest BCUT2D eigenvalue weighted by Gasteiger charge is -2.43. The predicted molar refractivity (Wildman–Crippen MR) is 121 cm³/mol. The highest BCUT2D eigenvalue weighted by Gasteiger charge is 2.72. The molecular formula is C26H30F4N2O3. The number of halogens is 4. The standard InChI is InChI=1S/C26H30F4N2O3/c1-14-6-5-7-18(15(14)2)32-19-12-24(3,4)13-20(33)21(19)25(23(32)35,26(28,29)30)31-22(34)16-8-10-17(27)11-9-16/h8-11,14-15,18H,5-7,12-13H2,1-4H3,(H,31,34)/t14-,15-,18-,25-/m1/s1. The summed E-state index contributed by atoms with van der Waals surface area (Å²) >= 11 is 0. The molecule has 1 aromatic carbocycles. The minimum Gasteiger partial charge on any atom is -0.326 e. The summed E-state index contributed by atoms with van der Waals surface area (Å²) in [6.45, 7) is 7.50. The first kappa shape index (κ1) is 25.4. The first-order chi connectivity index (χ1) is 16.2. The number of carbonyl (C=O) groups excluding carboxylic acids is 3. The maximum atomic E-state index is 14.9. The van der Waals surface area contributed by atoms with E-state index in [4.69, 9.17) is 0 Å². The summed E-state index contributed by atoms with van der Waals surface area (Å²) in [5.74, 6) is -3.88. The van der Waals surface area contributed by atoms with Crippen LogP contribution in [0.15, 0.2) is 35.5 Å². The molecule has 0 saturated heterocycles. The summed E-state index contributed by atoms with van der Waals surface area (Å²) in [4.78, 5) is 41.4. The molecule has 0 aromatic heterocycles. The fraction of sp³-hybridized carbons (Fsp3) is 0.577. The van der Waals surface area contributed by atoms with Crippen molar-refractivity contribution < 1.29 is 31.9 Å². The van der Waals surface area contributed by atoms with Crippen LogP contribution in [0.3, 0.4) is 0 Å². The van der Waals surface area contributed by atoms with E-state index in [0.717, 1.165) is 37.1 Å². The maximum Gasteiger partial charge on any atom is 0.425 e. The van der Waals surface area contributed by atoms with Crippen LogP contribution in [0.1, 0.15) is 70.2 Å². The molecule has 5 nitrogen and oxygen atoms in total. The highest BCUT2D eigenvalue weighted by atomic mass is 19.4. The van der Waals surface area contributed by atoms with E-state index >= 15 is 0 Å². The van der Waals surface area contributed by atoms with Gasteiger partial charge in [0.25, 0.3) is 11.8 Å². The van der Waals surface area contributed by atoms with Crippen molar-refractivity contribution in [3.63, 3.8) is 0 Å². The summed E-state index contributed by atoms with van der Waals surface area (Å²) in [6.07, 6.45) is -3.16. The van der Waals surface area contributed by atoms with E-state index in [1.807, 2.05) is 19.2 Å². The van der Waals surface area contributed by atoms with E-state index in [0.29, 0.717) is 6.42 Å². The molecule has 1 aliphatic heterocycles. The molecule has 1 heterocycles. The monoisotopic (exact) mass is 494 g/mol. The van der Waals surface area contributed by atoms with Gasteiger partial charge in [-0.25, -0.2) is 4.39 Å². The van der Waals surface area contributed by atoms with Gasteiger partial charge in [0.2, 0.25) is 5.54 Å². The fourth-order valence-electron chi connectivity index (χ4n) is 5.89. The molecule has 0 spiro atoms. The second kappa shape index (κ2) is 8.45. The fourth-order valence-corrected chi connectivity index (χ4v) is 5.89. The Morgan fingerprint density at radius 1 is 1.06 bits per heavy atom. The van der Waals surface area contributed by atoms with Crippen molar-refractivity contribution in [2.45, 2.75) is 77.6 Å². The second-order valence-corrected chi connectivity index (χ2v) is 11.0. The molecule has 4 atom stereocenters. The Morgan fingerprint density at radius 3 is 2.29 bits per heavy atom. The smallest absolute Gasteiger partial charge is 0.326 e. The number of hydrogen-bond donors (Lipinski definition) is 1. The zero-order valence-electron chi connectivity index (χ0n) is 20.3. The zero-order chi connectivity index (χ0) is 25.9. The van der Waals surface area contributed by atoms with Crippen molar-refractivity contribution in [2.24, 2.45) is 17.3 Å². The molecule has 9 heteroatoms. The van der Waals surface area contributed by atoms with Crippen LogP contribution in [-0.2, 0) is 9.59 Å². The lowest BCUT2D eigenvalue weighted by Crippen LogP contribution is -2.67. The van der Waals surface area contributed by atoms with Gasteiger partial charge in [-0.05, 0) is 54.4 Å². The number of Topliss-reactive ketones (excluding diaryl/α,β-unsaturated/α-hetero) is 1. The van der Waals surface area contributed by atoms with Gasteiger partial charge < -0.3 is 10.2 Å². The number of nitrogens with one attached hydrogen (secondary N) is 1. The molecule has 1 N–H and O–H groups in total. The number of rotatable bonds is 3. The average Bonchev–Trinajstić information content (AvgIpc) is 2.98. The summed E-state index contributed by atoms with van der Waals surface area (Å²) in [7, 11) is 0. The third-order valence-electron chi connectivity index (χ3n) is 7.89. The summed E-state index contributed by atoms with van der Waals surface area (Å²) < 4.78 is 58.2. The average molecular weight is 495 g/mol. The van der Waals surface area contributed by atoms with Gasteiger partial charge in [0.05, 0.1) is 5.57 Å². The number of nitrogens with zero attached hydrogens (tertiary/aromatic N) is 1. The van der Waals surface area contributed by atoms with E-state index < -0.39 is 52.2 Å². The molecular weight excluding hydrogens is 464 g/mol. The van der Waals surface area contributed by atoms with Gasteiger partial charge in [0.1, 0.15) is 5.82 Å². The molecule has 35 heavy (non-hydrogen) atoms. The molecule has 1 fully saturated rings. The van der Waals surface area contributed by atoms with Crippen LogP contribution in [-0.4, -0.2) is 40.3 Å². The Morgan fingerprint density at radius 2 is 1.69 bits per heavy atom. The van der Waals surface area contributed by atoms with Crippen molar-refractivity contribution in [2.75, 3.05) is 0 Å². The number of alkyl halides is 3. The normalized spacial score (nSPS) is 31.0. The Balaban J connectivity index is 1.89. The third-order valence-corrected chi connectivity index (χ3v) is 7.89. The number of hydrogen-bond acceptors (Lipinski definition) is 3.